The first-order chi connectivity index (χ1) is 15.4. The molecule has 32 heavy (non-hydrogen) atoms. The zero-order valence-corrected chi connectivity index (χ0v) is 19.0. The minimum atomic E-state index is -0.280. The molecule has 1 N–H and O–H groups in total. The Bertz CT molecular complexity index is 1100. The summed E-state index contributed by atoms with van der Waals surface area (Å²) in [5.41, 5.74) is 2.80. The topological polar surface area (TPSA) is 67.9 Å². The maximum atomic E-state index is 12.7. The minimum Gasteiger partial charge on any atom is -0.493 e. The molecule has 0 radical (unpaired) electrons. The number of rotatable bonds is 8. The largest absolute Gasteiger partial charge is 0.493 e. The van der Waals surface area contributed by atoms with Gasteiger partial charge in [-0.1, -0.05) is 41.9 Å². The van der Waals surface area contributed by atoms with Crippen LogP contribution in [0.2, 0.25) is 5.02 Å². The Morgan fingerprint density at radius 1 is 0.969 bits per heavy atom. The van der Waals surface area contributed by atoms with Crippen molar-refractivity contribution in [1.82, 2.24) is 4.90 Å². The van der Waals surface area contributed by atoms with Gasteiger partial charge in [-0.05, 0) is 42.0 Å². The van der Waals surface area contributed by atoms with E-state index < -0.39 is 0 Å². The molecular weight excluding hydrogens is 428 g/mol. The number of hydrogen-bond acceptors (Lipinski definition) is 4. The molecule has 0 spiro atoms. The standard InChI is InChI=1S/C25H25ClN2O4/c1-28(2)24(29)14-17-8-11-20(12-9-17)27-25(30)18-10-13-22(23(15-18)31-3)32-16-19-6-4-5-7-21(19)26/h4-13,15H,14,16H2,1-3H3,(H,27,30). The van der Waals surface area contributed by atoms with E-state index in [1.165, 1.54) is 7.11 Å². The molecule has 6 nitrogen and oxygen atoms in total. The summed E-state index contributed by atoms with van der Waals surface area (Å²) in [7, 11) is 4.96. The van der Waals surface area contributed by atoms with E-state index in [1.807, 2.05) is 30.3 Å². The number of nitrogens with zero attached hydrogens (tertiary/aromatic N) is 1. The van der Waals surface area contributed by atoms with E-state index in [1.54, 1.807) is 55.4 Å². The molecule has 166 valence electrons. The fourth-order valence-electron chi connectivity index (χ4n) is 2.94. The summed E-state index contributed by atoms with van der Waals surface area (Å²) in [4.78, 5) is 26.0. The highest BCUT2D eigenvalue weighted by atomic mass is 35.5. The number of carbonyl (C=O) groups is 2. The third-order valence-corrected chi connectivity index (χ3v) is 5.20. The lowest BCUT2D eigenvalue weighted by molar-refractivity contribution is -0.127. The minimum absolute atomic E-state index is 0.0192. The summed E-state index contributed by atoms with van der Waals surface area (Å²) in [6.45, 7) is 0.282. The molecule has 0 aliphatic carbocycles. The Hall–Kier alpha value is -3.51. The van der Waals surface area contributed by atoms with Gasteiger partial charge in [0.15, 0.2) is 11.5 Å². The van der Waals surface area contributed by atoms with Gasteiger partial charge in [-0.25, -0.2) is 0 Å². The van der Waals surface area contributed by atoms with Crippen LogP contribution in [0.5, 0.6) is 11.5 Å². The molecule has 0 bridgehead atoms. The summed E-state index contributed by atoms with van der Waals surface area (Å²) < 4.78 is 11.2. The van der Waals surface area contributed by atoms with Crippen molar-refractivity contribution in [2.24, 2.45) is 0 Å². The Morgan fingerprint density at radius 2 is 1.69 bits per heavy atom. The van der Waals surface area contributed by atoms with Crippen molar-refractivity contribution in [1.29, 1.82) is 0 Å². The van der Waals surface area contributed by atoms with E-state index >= 15 is 0 Å². The third-order valence-electron chi connectivity index (χ3n) is 4.83. The fraction of sp³-hybridized carbons (Fsp3) is 0.200. The highest BCUT2D eigenvalue weighted by Crippen LogP contribution is 2.30. The van der Waals surface area contributed by atoms with E-state index in [4.69, 9.17) is 21.1 Å². The van der Waals surface area contributed by atoms with Gasteiger partial charge in [-0.15, -0.1) is 0 Å². The second-order valence-electron chi connectivity index (χ2n) is 7.36. The van der Waals surface area contributed by atoms with Crippen molar-refractivity contribution in [2.45, 2.75) is 13.0 Å². The summed E-state index contributed by atoms with van der Waals surface area (Å²) in [6.07, 6.45) is 0.314. The van der Waals surface area contributed by atoms with Gasteiger partial charge in [0.2, 0.25) is 5.91 Å². The highest BCUT2D eigenvalue weighted by Gasteiger charge is 2.13. The summed E-state index contributed by atoms with van der Waals surface area (Å²) >= 11 is 6.17. The number of amides is 2. The van der Waals surface area contributed by atoms with Crippen LogP contribution in [0.3, 0.4) is 0 Å². The Kier molecular flexibility index (Phi) is 7.73. The number of carbonyl (C=O) groups excluding carboxylic acids is 2. The van der Waals surface area contributed by atoms with Crippen LogP contribution in [0.25, 0.3) is 0 Å². The second-order valence-corrected chi connectivity index (χ2v) is 7.77. The van der Waals surface area contributed by atoms with Crippen molar-refractivity contribution >= 4 is 29.1 Å². The van der Waals surface area contributed by atoms with E-state index in [9.17, 15) is 9.59 Å². The zero-order chi connectivity index (χ0) is 23.1. The SMILES string of the molecule is COc1cc(C(=O)Nc2ccc(CC(=O)N(C)C)cc2)ccc1OCc1ccccc1Cl. The van der Waals surface area contributed by atoms with Crippen molar-refractivity contribution in [3.63, 3.8) is 0 Å². The van der Waals surface area contributed by atoms with E-state index in [0.717, 1.165) is 11.1 Å². The lowest BCUT2D eigenvalue weighted by atomic mass is 10.1. The van der Waals surface area contributed by atoms with Crippen molar-refractivity contribution in [3.05, 3.63) is 88.4 Å². The van der Waals surface area contributed by atoms with Gasteiger partial charge in [-0.2, -0.15) is 0 Å². The van der Waals surface area contributed by atoms with Gasteiger partial charge in [-0.3, -0.25) is 9.59 Å². The smallest absolute Gasteiger partial charge is 0.255 e. The fourth-order valence-corrected chi connectivity index (χ4v) is 3.13. The molecule has 2 amide bonds. The maximum Gasteiger partial charge on any atom is 0.255 e. The number of ether oxygens (including phenoxy) is 2. The van der Waals surface area contributed by atoms with Crippen LogP contribution in [0.4, 0.5) is 5.69 Å². The summed E-state index contributed by atoms with van der Waals surface area (Å²) in [5.74, 6) is 0.699. The van der Waals surface area contributed by atoms with Crippen molar-refractivity contribution < 1.29 is 19.1 Å². The van der Waals surface area contributed by atoms with Crippen LogP contribution in [0.15, 0.2) is 66.7 Å². The lowest BCUT2D eigenvalue weighted by Gasteiger charge is -2.13. The number of likely N-dealkylation sites (N-methyl/N-ethyl adjacent to an activating group) is 1. The Labute approximate surface area is 192 Å². The first-order valence-corrected chi connectivity index (χ1v) is 10.4. The molecule has 3 aromatic carbocycles. The molecule has 3 rings (SSSR count). The Balaban J connectivity index is 1.65. The number of halogens is 1. The molecule has 7 heteroatoms. The van der Waals surface area contributed by atoms with Crippen molar-refractivity contribution in [2.75, 3.05) is 26.5 Å². The third kappa shape index (κ3) is 6.02. The van der Waals surface area contributed by atoms with Gasteiger partial charge >= 0.3 is 0 Å². The van der Waals surface area contributed by atoms with Crippen LogP contribution in [0, 0.1) is 0 Å². The zero-order valence-electron chi connectivity index (χ0n) is 18.2. The number of benzene rings is 3. The number of methoxy groups -OCH3 is 1. The molecule has 3 aromatic rings. The molecule has 0 saturated carbocycles. The predicted octanol–water partition coefficient (Wildman–Crippen LogP) is 4.81. The maximum absolute atomic E-state index is 12.7. The van der Waals surface area contributed by atoms with Crippen LogP contribution < -0.4 is 14.8 Å². The van der Waals surface area contributed by atoms with Crippen LogP contribution in [-0.2, 0) is 17.8 Å². The Morgan fingerprint density at radius 3 is 2.34 bits per heavy atom. The molecule has 0 saturated heterocycles. The normalized spacial score (nSPS) is 10.4. The summed E-state index contributed by atoms with van der Waals surface area (Å²) in [6, 6.07) is 19.6. The molecule has 0 aliphatic heterocycles. The summed E-state index contributed by atoms with van der Waals surface area (Å²) in [5, 5.41) is 3.47. The average Bonchev–Trinajstić information content (AvgIpc) is 2.79. The van der Waals surface area contributed by atoms with E-state index in [2.05, 4.69) is 5.32 Å². The van der Waals surface area contributed by atoms with Gasteiger partial charge in [0.05, 0.1) is 13.5 Å². The highest BCUT2D eigenvalue weighted by molar-refractivity contribution is 6.31. The predicted molar refractivity (Wildman–Crippen MR) is 126 cm³/mol. The van der Waals surface area contributed by atoms with Gasteiger partial charge in [0.1, 0.15) is 6.61 Å². The van der Waals surface area contributed by atoms with E-state index in [0.29, 0.717) is 34.2 Å². The average molecular weight is 453 g/mol. The first-order valence-electron chi connectivity index (χ1n) is 10.0. The van der Waals surface area contributed by atoms with Gasteiger partial charge < -0.3 is 19.7 Å². The molecule has 0 atom stereocenters. The monoisotopic (exact) mass is 452 g/mol. The van der Waals surface area contributed by atoms with Gasteiger partial charge in [0, 0.05) is 35.9 Å². The van der Waals surface area contributed by atoms with Crippen LogP contribution in [0.1, 0.15) is 21.5 Å². The van der Waals surface area contributed by atoms with Crippen molar-refractivity contribution in [3.8, 4) is 11.5 Å². The first kappa shape index (κ1) is 23.2. The van der Waals surface area contributed by atoms with E-state index in [-0.39, 0.29) is 18.4 Å². The molecule has 0 aliphatic rings. The molecule has 0 heterocycles. The molecule has 0 unspecified atom stereocenters. The number of nitrogens with one attached hydrogen (secondary N) is 1. The van der Waals surface area contributed by atoms with Crippen LogP contribution >= 0.6 is 11.6 Å². The van der Waals surface area contributed by atoms with Gasteiger partial charge in [0.25, 0.3) is 5.91 Å². The number of hydrogen-bond donors (Lipinski definition) is 1. The van der Waals surface area contributed by atoms with Crippen LogP contribution in [-0.4, -0.2) is 37.9 Å². The number of anilines is 1. The lowest BCUT2D eigenvalue weighted by Crippen LogP contribution is -2.23. The molecule has 0 fully saturated rings. The quantitative estimate of drug-likeness (QED) is 0.532. The second kappa shape index (κ2) is 10.7. The molecule has 0 aromatic heterocycles. The molecular formula is C25H25ClN2O4.